The molecule has 1 amide bonds. The van der Waals surface area contributed by atoms with Gasteiger partial charge in [-0.2, -0.15) is 0 Å². The van der Waals surface area contributed by atoms with E-state index in [2.05, 4.69) is 30.8 Å². The molecule has 0 saturated carbocycles. The number of hydrogen-bond acceptors (Lipinski definition) is 11. The van der Waals surface area contributed by atoms with Gasteiger partial charge in [0.15, 0.2) is 27.6 Å². The lowest BCUT2D eigenvalue weighted by atomic mass is 10.2. The number of hydrogen-bond donors (Lipinski definition) is 2. The van der Waals surface area contributed by atoms with Gasteiger partial charge < -0.3 is 29.4 Å². The lowest BCUT2D eigenvalue weighted by molar-refractivity contribution is -0.113. The van der Waals surface area contributed by atoms with Crippen LogP contribution in [0, 0.1) is 5.82 Å². The van der Waals surface area contributed by atoms with E-state index in [1.165, 1.54) is 35.2 Å². The second-order valence-electron chi connectivity index (χ2n) is 8.46. The maximum absolute atomic E-state index is 13.5. The fourth-order valence-electron chi connectivity index (χ4n) is 4.09. The van der Waals surface area contributed by atoms with Crippen LogP contribution in [0.25, 0.3) is 21.6 Å². The number of carbonyl (C=O) groups is 1. The van der Waals surface area contributed by atoms with Gasteiger partial charge in [-0.25, -0.2) is 14.4 Å². The molecule has 0 saturated heterocycles. The number of rotatable bonds is 11. The molecule has 2 N–H and O–H groups in total. The number of aromatic nitrogens is 5. The van der Waals surface area contributed by atoms with E-state index in [0.29, 0.717) is 67.2 Å². The summed E-state index contributed by atoms with van der Waals surface area (Å²) in [6, 6.07) is 11.6. The molecular formula is C27H26FN7O4S2. The zero-order valence-corrected chi connectivity index (χ0v) is 24.2. The first kappa shape index (κ1) is 28.1. The van der Waals surface area contributed by atoms with Crippen LogP contribution in [0.2, 0.25) is 0 Å². The molecule has 0 aliphatic rings. The smallest absolute Gasteiger partial charge is 0.236 e. The summed E-state index contributed by atoms with van der Waals surface area (Å²) in [6.45, 7) is 2.54. The number of pyridine rings is 1. The van der Waals surface area contributed by atoms with Crippen molar-refractivity contribution in [3.8, 4) is 28.6 Å². The molecule has 2 aromatic carbocycles. The van der Waals surface area contributed by atoms with Crippen molar-refractivity contribution in [2.45, 2.75) is 18.6 Å². The zero-order chi connectivity index (χ0) is 28.9. The summed E-state index contributed by atoms with van der Waals surface area (Å²) in [7, 11) is 4.65. The predicted octanol–water partition coefficient (Wildman–Crippen LogP) is 5.61. The standard InChI is InChI=1S/C27H26FN7O4S2/c1-5-35-25(17-7-6-10-29-24(17)30-16-12-19(37-2)23(39-4)20(13-16)38-3)33-34-27(35)40-14-22(36)32-26-31-18-9-8-15(28)11-21(18)41-26/h6-13H,5,14H2,1-4H3,(H,29,30)(H,31,32,36). The molecule has 0 aliphatic heterocycles. The summed E-state index contributed by atoms with van der Waals surface area (Å²) in [6.07, 6.45) is 1.67. The normalized spacial score (nSPS) is 11.0. The highest BCUT2D eigenvalue weighted by Crippen LogP contribution is 2.41. The van der Waals surface area contributed by atoms with Crippen molar-refractivity contribution in [2.24, 2.45) is 0 Å². The van der Waals surface area contributed by atoms with Gasteiger partial charge in [0, 0.05) is 30.6 Å². The van der Waals surface area contributed by atoms with E-state index in [-0.39, 0.29) is 17.5 Å². The number of thioether (sulfide) groups is 1. The molecular weight excluding hydrogens is 569 g/mol. The Kier molecular flexibility index (Phi) is 8.50. The van der Waals surface area contributed by atoms with Gasteiger partial charge in [-0.05, 0) is 37.3 Å². The van der Waals surface area contributed by atoms with Crippen LogP contribution >= 0.6 is 23.1 Å². The molecule has 41 heavy (non-hydrogen) atoms. The highest BCUT2D eigenvalue weighted by Gasteiger charge is 2.20. The Morgan fingerprint density at radius 1 is 1.07 bits per heavy atom. The Bertz CT molecular complexity index is 1680. The van der Waals surface area contributed by atoms with E-state index < -0.39 is 0 Å². The van der Waals surface area contributed by atoms with Crippen molar-refractivity contribution in [3.63, 3.8) is 0 Å². The van der Waals surface area contributed by atoms with Gasteiger partial charge in [0.1, 0.15) is 11.6 Å². The molecule has 0 spiro atoms. The van der Waals surface area contributed by atoms with Crippen molar-refractivity contribution in [1.29, 1.82) is 0 Å². The van der Waals surface area contributed by atoms with Crippen molar-refractivity contribution in [3.05, 3.63) is 54.5 Å². The number of nitrogens with zero attached hydrogens (tertiary/aromatic N) is 5. The Balaban J connectivity index is 1.34. The largest absolute Gasteiger partial charge is 0.493 e. The number of anilines is 3. The minimum Gasteiger partial charge on any atom is -0.493 e. The third-order valence-corrected chi connectivity index (χ3v) is 7.84. The van der Waals surface area contributed by atoms with E-state index in [1.54, 1.807) is 45.7 Å². The number of amides is 1. The maximum atomic E-state index is 13.5. The van der Waals surface area contributed by atoms with Crippen LogP contribution in [0.15, 0.2) is 53.8 Å². The molecule has 0 bridgehead atoms. The summed E-state index contributed by atoms with van der Waals surface area (Å²) >= 11 is 2.47. The fourth-order valence-corrected chi connectivity index (χ4v) is 5.80. The molecule has 212 valence electrons. The first-order chi connectivity index (χ1) is 19.9. The van der Waals surface area contributed by atoms with Crippen LogP contribution in [0.1, 0.15) is 6.92 Å². The van der Waals surface area contributed by atoms with Crippen molar-refractivity contribution in [2.75, 3.05) is 37.7 Å². The third kappa shape index (κ3) is 6.02. The SMILES string of the molecule is CCn1c(SCC(=O)Nc2nc3ccc(F)cc3s2)nnc1-c1cccnc1Nc1cc(OC)c(OC)c(OC)c1. The minimum absolute atomic E-state index is 0.0893. The van der Waals surface area contributed by atoms with E-state index >= 15 is 0 Å². The van der Waals surface area contributed by atoms with Crippen molar-refractivity contribution < 1.29 is 23.4 Å². The van der Waals surface area contributed by atoms with Crippen molar-refractivity contribution in [1.82, 2.24) is 24.7 Å². The monoisotopic (exact) mass is 595 g/mol. The average molecular weight is 596 g/mol. The summed E-state index contributed by atoms with van der Waals surface area (Å²) in [5.41, 5.74) is 2.02. The number of fused-ring (bicyclic) bond motifs is 1. The van der Waals surface area contributed by atoms with Crippen LogP contribution in [-0.4, -0.2) is 57.7 Å². The number of thiazole rings is 1. The van der Waals surface area contributed by atoms with Crippen LogP contribution in [0.4, 0.5) is 21.0 Å². The number of benzene rings is 2. The molecule has 11 nitrogen and oxygen atoms in total. The number of carbonyl (C=O) groups excluding carboxylic acids is 1. The summed E-state index contributed by atoms with van der Waals surface area (Å²) in [4.78, 5) is 21.5. The first-order valence-electron chi connectivity index (χ1n) is 12.4. The Labute approximate surface area is 243 Å². The lowest BCUT2D eigenvalue weighted by Crippen LogP contribution is -2.14. The van der Waals surface area contributed by atoms with E-state index in [4.69, 9.17) is 14.2 Å². The van der Waals surface area contributed by atoms with Gasteiger partial charge in [0.05, 0.1) is 42.9 Å². The van der Waals surface area contributed by atoms with E-state index in [0.717, 1.165) is 0 Å². The summed E-state index contributed by atoms with van der Waals surface area (Å²) in [5, 5.41) is 15.8. The van der Waals surface area contributed by atoms with Crippen LogP contribution in [0.3, 0.4) is 0 Å². The van der Waals surface area contributed by atoms with Gasteiger partial charge in [0.25, 0.3) is 0 Å². The molecule has 0 fully saturated rings. The summed E-state index contributed by atoms with van der Waals surface area (Å²) < 4.78 is 32.4. The molecule has 14 heteroatoms. The van der Waals surface area contributed by atoms with Gasteiger partial charge in [-0.15, -0.1) is 10.2 Å². The molecule has 0 aliphatic carbocycles. The highest BCUT2D eigenvalue weighted by molar-refractivity contribution is 7.99. The molecule has 3 aromatic heterocycles. The fraction of sp³-hybridized carbons (Fsp3) is 0.222. The van der Waals surface area contributed by atoms with Gasteiger partial charge in [-0.1, -0.05) is 23.1 Å². The highest BCUT2D eigenvalue weighted by atomic mass is 32.2. The molecule has 5 rings (SSSR count). The topological polar surface area (TPSA) is 125 Å². The van der Waals surface area contributed by atoms with E-state index in [1.807, 2.05) is 23.6 Å². The second kappa shape index (κ2) is 12.4. The number of halogens is 1. The second-order valence-corrected chi connectivity index (χ2v) is 10.4. The Morgan fingerprint density at radius 2 is 1.85 bits per heavy atom. The first-order valence-corrected chi connectivity index (χ1v) is 14.2. The number of methoxy groups -OCH3 is 3. The zero-order valence-electron chi connectivity index (χ0n) is 22.6. The third-order valence-electron chi connectivity index (χ3n) is 5.94. The number of nitrogens with one attached hydrogen (secondary N) is 2. The molecule has 0 unspecified atom stereocenters. The lowest BCUT2D eigenvalue weighted by Gasteiger charge is -2.16. The van der Waals surface area contributed by atoms with Crippen LogP contribution in [-0.2, 0) is 11.3 Å². The summed E-state index contributed by atoms with van der Waals surface area (Å²) in [5.74, 6) is 2.10. The van der Waals surface area contributed by atoms with Gasteiger partial charge >= 0.3 is 0 Å². The quantitative estimate of drug-likeness (QED) is 0.186. The molecule has 0 radical (unpaired) electrons. The Morgan fingerprint density at radius 3 is 2.56 bits per heavy atom. The molecule has 0 atom stereocenters. The van der Waals surface area contributed by atoms with Crippen LogP contribution in [0.5, 0.6) is 17.2 Å². The minimum atomic E-state index is -0.347. The van der Waals surface area contributed by atoms with Gasteiger partial charge in [-0.3, -0.25) is 4.79 Å². The van der Waals surface area contributed by atoms with Gasteiger partial charge in [0.2, 0.25) is 11.7 Å². The van der Waals surface area contributed by atoms with Crippen LogP contribution < -0.4 is 24.8 Å². The average Bonchev–Trinajstić information content (AvgIpc) is 3.58. The number of ether oxygens (including phenoxy) is 3. The maximum Gasteiger partial charge on any atom is 0.236 e. The van der Waals surface area contributed by atoms with Crippen molar-refractivity contribution >= 4 is 55.9 Å². The predicted molar refractivity (Wildman–Crippen MR) is 157 cm³/mol. The molecule has 5 aromatic rings. The molecule has 3 heterocycles. The van der Waals surface area contributed by atoms with E-state index in [9.17, 15) is 9.18 Å². The Hall–Kier alpha value is -4.43.